The topological polar surface area (TPSA) is 6.48 Å². The van der Waals surface area contributed by atoms with E-state index in [2.05, 4.69) is 166 Å². The molecule has 230 valence electrons. The zero-order valence-corrected chi connectivity index (χ0v) is 28.0. The van der Waals surface area contributed by atoms with Gasteiger partial charge >= 0.3 is 0 Å². The summed E-state index contributed by atoms with van der Waals surface area (Å²) >= 11 is 0. The van der Waals surface area contributed by atoms with Crippen LogP contribution in [0.4, 0.5) is 34.1 Å². The number of benzene rings is 5. The van der Waals surface area contributed by atoms with E-state index in [1.807, 2.05) is 26.0 Å². The first-order chi connectivity index (χ1) is 22.3. The van der Waals surface area contributed by atoms with Gasteiger partial charge in [-0.05, 0) is 81.9 Å². The second-order valence-electron chi connectivity index (χ2n) is 12.8. The second kappa shape index (κ2) is 12.0. The lowest BCUT2D eigenvalue weighted by Gasteiger charge is -2.49. The highest BCUT2D eigenvalue weighted by molar-refractivity contribution is 5.94. The van der Waals surface area contributed by atoms with Crippen molar-refractivity contribution in [2.75, 3.05) is 9.80 Å². The van der Waals surface area contributed by atoms with Crippen molar-refractivity contribution in [3.63, 3.8) is 0 Å². The van der Waals surface area contributed by atoms with Crippen molar-refractivity contribution < 1.29 is 0 Å². The Hall–Kier alpha value is -5.08. The SMILES string of the molecule is C=C/C=C(\C=C)c1ccc(N(c2ccccc2)c2ccc3c(c2)C(C)(C)c2cccc4c2N3c2ccccc2C4(C)C)cc1.CC. The molecule has 0 radical (unpaired) electrons. The van der Waals surface area contributed by atoms with E-state index in [9.17, 15) is 0 Å². The third-order valence-corrected chi connectivity index (χ3v) is 9.57. The van der Waals surface area contributed by atoms with Crippen LogP contribution in [-0.2, 0) is 10.8 Å². The average Bonchev–Trinajstić information content (AvgIpc) is 3.09. The molecular formula is C44H44N2. The zero-order chi connectivity index (χ0) is 32.6. The third kappa shape index (κ3) is 4.81. The van der Waals surface area contributed by atoms with E-state index in [1.54, 1.807) is 6.08 Å². The lowest BCUT2D eigenvalue weighted by Crippen LogP contribution is -2.38. The molecule has 0 saturated carbocycles. The predicted molar refractivity (Wildman–Crippen MR) is 200 cm³/mol. The lowest BCUT2D eigenvalue weighted by atomic mass is 9.66. The Labute approximate surface area is 275 Å². The molecule has 0 aliphatic carbocycles. The molecule has 5 aromatic carbocycles. The molecule has 2 aliphatic heterocycles. The van der Waals surface area contributed by atoms with Crippen molar-refractivity contribution in [2.45, 2.75) is 52.4 Å². The van der Waals surface area contributed by atoms with Gasteiger partial charge in [0.25, 0.3) is 0 Å². The first-order valence-electron chi connectivity index (χ1n) is 16.4. The maximum absolute atomic E-state index is 3.99. The van der Waals surface area contributed by atoms with Gasteiger partial charge in [0.1, 0.15) is 0 Å². The van der Waals surface area contributed by atoms with Crippen molar-refractivity contribution >= 4 is 39.7 Å². The maximum Gasteiger partial charge on any atom is 0.0543 e. The van der Waals surface area contributed by atoms with Gasteiger partial charge < -0.3 is 9.80 Å². The van der Waals surface area contributed by atoms with Crippen LogP contribution in [0.3, 0.4) is 0 Å². The van der Waals surface area contributed by atoms with Crippen LogP contribution in [-0.4, -0.2) is 0 Å². The van der Waals surface area contributed by atoms with Gasteiger partial charge in [-0.25, -0.2) is 0 Å². The minimum atomic E-state index is -0.198. The molecular weight excluding hydrogens is 556 g/mol. The van der Waals surface area contributed by atoms with E-state index in [1.165, 1.54) is 39.3 Å². The molecule has 7 rings (SSSR count). The monoisotopic (exact) mass is 600 g/mol. The van der Waals surface area contributed by atoms with Gasteiger partial charge in [0.05, 0.1) is 17.1 Å². The zero-order valence-electron chi connectivity index (χ0n) is 28.0. The number of fused-ring (bicyclic) bond motifs is 4. The fourth-order valence-corrected chi connectivity index (χ4v) is 7.25. The molecule has 2 aliphatic rings. The summed E-state index contributed by atoms with van der Waals surface area (Å²) in [7, 11) is 0. The molecule has 2 heterocycles. The Morgan fingerprint density at radius 3 is 1.78 bits per heavy atom. The Bertz CT molecular complexity index is 1940. The summed E-state index contributed by atoms with van der Waals surface area (Å²) in [5.74, 6) is 0. The highest BCUT2D eigenvalue weighted by Crippen LogP contribution is 2.60. The number of para-hydroxylation sites is 3. The average molecular weight is 601 g/mol. The molecule has 2 heteroatoms. The lowest BCUT2D eigenvalue weighted by molar-refractivity contribution is 0.597. The van der Waals surface area contributed by atoms with Gasteiger partial charge in [0, 0.05) is 27.9 Å². The van der Waals surface area contributed by atoms with Crippen LogP contribution in [0, 0.1) is 0 Å². The summed E-state index contributed by atoms with van der Waals surface area (Å²) in [5, 5.41) is 0. The van der Waals surface area contributed by atoms with Gasteiger partial charge in [-0.15, -0.1) is 0 Å². The Balaban J connectivity index is 0.00000182. The Kier molecular flexibility index (Phi) is 8.08. The van der Waals surface area contributed by atoms with Gasteiger partial charge in [-0.1, -0.05) is 140 Å². The molecule has 0 saturated heterocycles. The Morgan fingerprint density at radius 1 is 0.587 bits per heavy atom. The molecule has 0 N–H and O–H groups in total. The highest BCUT2D eigenvalue weighted by Gasteiger charge is 2.45. The largest absolute Gasteiger partial charge is 0.310 e. The molecule has 0 unspecified atom stereocenters. The van der Waals surface area contributed by atoms with Crippen molar-refractivity contribution in [3.8, 4) is 0 Å². The summed E-state index contributed by atoms with van der Waals surface area (Å²) < 4.78 is 0. The van der Waals surface area contributed by atoms with Crippen molar-refractivity contribution in [1.29, 1.82) is 0 Å². The summed E-state index contributed by atoms with van der Waals surface area (Å²) in [6.45, 7) is 21.3. The molecule has 46 heavy (non-hydrogen) atoms. The fourth-order valence-electron chi connectivity index (χ4n) is 7.25. The molecule has 2 nitrogen and oxygen atoms in total. The smallest absolute Gasteiger partial charge is 0.0543 e. The number of anilines is 6. The molecule has 0 bridgehead atoms. The summed E-state index contributed by atoms with van der Waals surface area (Å²) in [6.07, 6.45) is 5.67. The van der Waals surface area contributed by atoms with Crippen molar-refractivity contribution in [2.24, 2.45) is 0 Å². The molecule has 5 aromatic rings. The number of nitrogens with zero attached hydrogens (tertiary/aromatic N) is 2. The standard InChI is InChI=1S/C42H38N2.C2H6/c1-7-15-29(8-2)30-22-24-32(25-23-30)43(31-16-10-9-11-17-31)33-26-27-39-37(28-33)42(5,6)36-20-14-19-35-40(36)44(39)38-21-13-12-18-34(38)41(35,3)4;1-2/h7-28H,1-2H2,3-6H3;1-2H3/b29-15+;. The van der Waals surface area contributed by atoms with Crippen LogP contribution in [0.2, 0.25) is 0 Å². The molecule has 0 aromatic heterocycles. The molecule has 0 spiro atoms. The van der Waals surface area contributed by atoms with E-state index in [-0.39, 0.29) is 10.8 Å². The molecule has 0 fully saturated rings. The van der Waals surface area contributed by atoms with E-state index in [4.69, 9.17) is 0 Å². The van der Waals surface area contributed by atoms with E-state index >= 15 is 0 Å². The summed E-state index contributed by atoms with van der Waals surface area (Å²) in [5.41, 5.74) is 14.5. The molecule has 0 amide bonds. The first kappa shape index (κ1) is 30.9. The summed E-state index contributed by atoms with van der Waals surface area (Å²) in [6, 6.07) is 42.1. The van der Waals surface area contributed by atoms with Crippen LogP contribution in [0.1, 0.15) is 69.4 Å². The minimum Gasteiger partial charge on any atom is -0.310 e. The molecule has 0 atom stereocenters. The number of hydrogen-bond donors (Lipinski definition) is 0. The van der Waals surface area contributed by atoms with Gasteiger partial charge in [-0.2, -0.15) is 0 Å². The summed E-state index contributed by atoms with van der Waals surface area (Å²) in [4.78, 5) is 4.87. The predicted octanol–water partition coefficient (Wildman–Crippen LogP) is 12.7. The number of hydrogen-bond acceptors (Lipinski definition) is 2. The fraction of sp³-hybridized carbons (Fsp3) is 0.182. The van der Waals surface area contributed by atoms with Gasteiger partial charge in [-0.3, -0.25) is 0 Å². The quantitative estimate of drug-likeness (QED) is 0.179. The third-order valence-electron chi connectivity index (χ3n) is 9.57. The number of rotatable bonds is 6. The van der Waals surface area contributed by atoms with Crippen LogP contribution in [0.5, 0.6) is 0 Å². The van der Waals surface area contributed by atoms with E-state index in [0.717, 1.165) is 28.2 Å². The Morgan fingerprint density at radius 2 is 1.13 bits per heavy atom. The minimum absolute atomic E-state index is 0.0887. The van der Waals surface area contributed by atoms with Crippen LogP contribution < -0.4 is 9.80 Å². The highest BCUT2D eigenvalue weighted by atomic mass is 15.2. The first-order valence-corrected chi connectivity index (χ1v) is 16.4. The van der Waals surface area contributed by atoms with Crippen molar-refractivity contribution in [1.82, 2.24) is 0 Å². The van der Waals surface area contributed by atoms with Crippen LogP contribution >= 0.6 is 0 Å². The van der Waals surface area contributed by atoms with Crippen LogP contribution in [0.25, 0.3) is 5.57 Å². The second-order valence-corrected chi connectivity index (χ2v) is 12.8. The van der Waals surface area contributed by atoms with Crippen molar-refractivity contribution in [3.05, 3.63) is 174 Å². The van der Waals surface area contributed by atoms with E-state index < -0.39 is 0 Å². The van der Waals surface area contributed by atoms with E-state index in [0.29, 0.717) is 0 Å². The normalized spacial score (nSPS) is 14.9. The maximum atomic E-state index is 3.99. The number of allylic oxidation sites excluding steroid dienone is 4. The van der Waals surface area contributed by atoms with Gasteiger partial charge in [0.2, 0.25) is 0 Å². The van der Waals surface area contributed by atoms with Gasteiger partial charge in [0.15, 0.2) is 0 Å². The van der Waals surface area contributed by atoms with Crippen LogP contribution in [0.15, 0.2) is 147 Å².